The minimum atomic E-state index is -0.505. The summed E-state index contributed by atoms with van der Waals surface area (Å²) in [5, 5.41) is 7.60. The fourth-order valence-electron chi connectivity index (χ4n) is 3.35. The molecule has 0 saturated heterocycles. The van der Waals surface area contributed by atoms with Crippen molar-refractivity contribution in [2.24, 2.45) is 0 Å². The number of anilines is 3. The van der Waals surface area contributed by atoms with Gasteiger partial charge in [-0.15, -0.1) is 0 Å². The Kier molecular flexibility index (Phi) is 5.80. The summed E-state index contributed by atoms with van der Waals surface area (Å²) in [5.74, 6) is 0.0516. The number of nitrogen functional groups attached to an aromatic ring is 1. The number of carbonyl (C=O) groups is 1. The maximum absolute atomic E-state index is 12.8. The van der Waals surface area contributed by atoms with Gasteiger partial charge in [0, 0.05) is 5.69 Å². The van der Waals surface area contributed by atoms with Gasteiger partial charge < -0.3 is 15.8 Å². The number of nitrogens with zero attached hydrogens (tertiary/aromatic N) is 5. The van der Waals surface area contributed by atoms with Crippen molar-refractivity contribution in [3.05, 3.63) is 82.9 Å². The van der Waals surface area contributed by atoms with Crippen molar-refractivity contribution < 1.29 is 9.53 Å². The molecule has 0 radical (unpaired) electrons. The van der Waals surface area contributed by atoms with Crippen LogP contribution in [0.1, 0.15) is 33.1 Å². The molecule has 0 fully saturated rings. The first-order valence-corrected chi connectivity index (χ1v) is 10.0. The van der Waals surface area contributed by atoms with E-state index in [9.17, 15) is 4.79 Å². The van der Waals surface area contributed by atoms with Crippen LogP contribution in [0.4, 0.5) is 17.6 Å². The number of hydrogen-bond acceptors (Lipinski definition) is 8. The molecule has 0 amide bonds. The Hall–Kier alpha value is -4.27. The van der Waals surface area contributed by atoms with Gasteiger partial charge in [0.1, 0.15) is 5.56 Å². The third-order valence-corrected chi connectivity index (χ3v) is 4.92. The molecular formula is C23H23N7O2. The molecule has 9 nitrogen and oxygen atoms in total. The maximum Gasteiger partial charge on any atom is 0.342 e. The molecule has 2 aromatic carbocycles. The van der Waals surface area contributed by atoms with E-state index < -0.39 is 5.97 Å². The molecule has 4 rings (SSSR count). The number of benzene rings is 2. The molecule has 0 aliphatic carbocycles. The topological polar surface area (TPSA) is 121 Å². The third-order valence-electron chi connectivity index (χ3n) is 4.92. The van der Waals surface area contributed by atoms with Gasteiger partial charge in [-0.3, -0.25) is 0 Å². The van der Waals surface area contributed by atoms with Gasteiger partial charge in [0.25, 0.3) is 0 Å². The summed E-state index contributed by atoms with van der Waals surface area (Å²) in [7, 11) is 0. The number of ether oxygens (including phenoxy) is 1. The minimum absolute atomic E-state index is 0.0337. The van der Waals surface area contributed by atoms with Crippen molar-refractivity contribution in [3.8, 4) is 5.69 Å². The summed E-state index contributed by atoms with van der Waals surface area (Å²) in [6.07, 6.45) is 0. The van der Waals surface area contributed by atoms with E-state index in [1.165, 1.54) is 0 Å². The van der Waals surface area contributed by atoms with Crippen molar-refractivity contribution >= 4 is 23.6 Å². The molecule has 32 heavy (non-hydrogen) atoms. The molecule has 0 atom stereocenters. The molecule has 3 N–H and O–H groups in total. The molecule has 0 bridgehead atoms. The second-order valence-electron chi connectivity index (χ2n) is 7.24. The lowest BCUT2D eigenvalue weighted by Gasteiger charge is -2.10. The Bertz CT molecular complexity index is 1270. The number of nitrogens with one attached hydrogen (secondary N) is 1. The lowest BCUT2D eigenvalue weighted by Crippen LogP contribution is -2.12. The highest BCUT2D eigenvalue weighted by atomic mass is 16.5. The number of para-hydroxylation sites is 2. The van der Waals surface area contributed by atoms with Crippen molar-refractivity contribution in [1.29, 1.82) is 0 Å². The van der Waals surface area contributed by atoms with Crippen molar-refractivity contribution in [1.82, 2.24) is 24.7 Å². The van der Waals surface area contributed by atoms with E-state index in [0.717, 1.165) is 16.9 Å². The van der Waals surface area contributed by atoms with Crippen LogP contribution in [0.2, 0.25) is 0 Å². The van der Waals surface area contributed by atoms with E-state index in [1.54, 1.807) is 11.6 Å². The van der Waals surface area contributed by atoms with Gasteiger partial charge in [-0.05, 0) is 44.5 Å². The summed E-state index contributed by atoms with van der Waals surface area (Å²) >= 11 is 0. The van der Waals surface area contributed by atoms with Crippen LogP contribution in [0, 0.1) is 20.8 Å². The first-order valence-electron chi connectivity index (χ1n) is 10.0. The summed E-state index contributed by atoms with van der Waals surface area (Å²) in [6, 6.07) is 17.3. The van der Waals surface area contributed by atoms with E-state index in [-0.39, 0.29) is 24.3 Å². The van der Waals surface area contributed by atoms with Crippen LogP contribution in [-0.2, 0) is 11.3 Å². The molecule has 4 aromatic rings. The lowest BCUT2D eigenvalue weighted by atomic mass is 10.2. The van der Waals surface area contributed by atoms with Crippen LogP contribution >= 0.6 is 0 Å². The minimum Gasteiger partial charge on any atom is -0.454 e. The zero-order valence-corrected chi connectivity index (χ0v) is 18.0. The molecule has 0 aliphatic heterocycles. The van der Waals surface area contributed by atoms with E-state index in [0.29, 0.717) is 17.0 Å². The van der Waals surface area contributed by atoms with Gasteiger partial charge in [-0.25, -0.2) is 9.48 Å². The second-order valence-corrected chi connectivity index (χ2v) is 7.24. The van der Waals surface area contributed by atoms with Gasteiger partial charge in [0.2, 0.25) is 11.9 Å². The van der Waals surface area contributed by atoms with Crippen LogP contribution < -0.4 is 11.1 Å². The Morgan fingerprint density at radius 3 is 2.47 bits per heavy atom. The smallest absolute Gasteiger partial charge is 0.342 e. The third kappa shape index (κ3) is 4.41. The first-order chi connectivity index (χ1) is 15.4. The van der Waals surface area contributed by atoms with Crippen LogP contribution in [0.5, 0.6) is 0 Å². The SMILES string of the molecule is Cc1ccccc1Nc1nc(N)nc(COC(=O)c2c(C)nn(-c3ccccc3)c2C)n1. The summed E-state index contributed by atoms with van der Waals surface area (Å²) in [5.41, 5.74) is 10.2. The van der Waals surface area contributed by atoms with Gasteiger partial charge in [-0.2, -0.15) is 20.1 Å². The molecule has 9 heteroatoms. The van der Waals surface area contributed by atoms with E-state index in [4.69, 9.17) is 10.5 Å². The van der Waals surface area contributed by atoms with Crippen LogP contribution in [0.3, 0.4) is 0 Å². The van der Waals surface area contributed by atoms with Crippen molar-refractivity contribution in [2.75, 3.05) is 11.1 Å². The number of aromatic nitrogens is 5. The molecule has 0 aliphatic rings. The van der Waals surface area contributed by atoms with Gasteiger partial charge >= 0.3 is 5.97 Å². The number of hydrogen-bond donors (Lipinski definition) is 2. The van der Waals surface area contributed by atoms with E-state index in [1.807, 2.05) is 68.4 Å². The zero-order chi connectivity index (χ0) is 22.7. The number of carbonyl (C=O) groups excluding carboxylic acids is 1. The average Bonchev–Trinajstić information content (AvgIpc) is 3.08. The first kappa shape index (κ1) is 21.0. The van der Waals surface area contributed by atoms with Gasteiger partial charge in [0.15, 0.2) is 12.4 Å². The fourth-order valence-corrected chi connectivity index (χ4v) is 3.35. The summed E-state index contributed by atoms with van der Waals surface area (Å²) in [6.45, 7) is 5.42. The Morgan fingerprint density at radius 2 is 1.72 bits per heavy atom. The quantitative estimate of drug-likeness (QED) is 0.445. The highest BCUT2D eigenvalue weighted by Gasteiger charge is 2.21. The molecular weight excluding hydrogens is 406 g/mol. The highest BCUT2D eigenvalue weighted by Crippen LogP contribution is 2.20. The predicted molar refractivity (Wildman–Crippen MR) is 121 cm³/mol. The van der Waals surface area contributed by atoms with Crippen molar-refractivity contribution in [3.63, 3.8) is 0 Å². The lowest BCUT2D eigenvalue weighted by molar-refractivity contribution is 0.0460. The number of aryl methyl sites for hydroxylation is 2. The Labute approximate surface area is 185 Å². The Balaban J connectivity index is 1.51. The van der Waals surface area contributed by atoms with Crippen LogP contribution in [0.15, 0.2) is 54.6 Å². The van der Waals surface area contributed by atoms with Crippen molar-refractivity contribution in [2.45, 2.75) is 27.4 Å². The maximum atomic E-state index is 12.8. The van der Waals surface area contributed by atoms with Crippen LogP contribution in [-0.4, -0.2) is 30.7 Å². The molecule has 0 unspecified atom stereocenters. The fraction of sp³-hybridized carbons (Fsp3) is 0.174. The average molecular weight is 429 g/mol. The van der Waals surface area contributed by atoms with Crippen LogP contribution in [0.25, 0.3) is 5.69 Å². The number of nitrogens with two attached hydrogens (primary N) is 1. The Morgan fingerprint density at radius 1 is 1.00 bits per heavy atom. The number of esters is 1. The molecule has 0 saturated carbocycles. The summed E-state index contributed by atoms with van der Waals surface area (Å²) < 4.78 is 7.20. The summed E-state index contributed by atoms with van der Waals surface area (Å²) in [4.78, 5) is 25.3. The second kappa shape index (κ2) is 8.84. The molecule has 2 heterocycles. The molecule has 0 spiro atoms. The van der Waals surface area contributed by atoms with E-state index >= 15 is 0 Å². The van der Waals surface area contributed by atoms with E-state index in [2.05, 4.69) is 25.4 Å². The highest BCUT2D eigenvalue weighted by molar-refractivity contribution is 5.92. The normalized spacial score (nSPS) is 10.7. The predicted octanol–water partition coefficient (Wildman–Crippen LogP) is 3.67. The number of rotatable bonds is 6. The molecule has 162 valence electrons. The monoisotopic (exact) mass is 429 g/mol. The van der Waals surface area contributed by atoms with Gasteiger partial charge in [-0.1, -0.05) is 36.4 Å². The largest absolute Gasteiger partial charge is 0.454 e. The van der Waals surface area contributed by atoms with Gasteiger partial charge in [0.05, 0.1) is 17.1 Å². The molecule has 2 aromatic heterocycles. The standard InChI is InChI=1S/C23H23N7O2/c1-14-9-7-8-12-18(14)25-23-27-19(26-22(24)28-23)13-32-21(31)20-15(2)29-30(16(20)3)17-10-5-4-6-11-17/h4-12H,13H2,1-3H3,(H3,24,25,26,27,28). The zero-order valence-electron chi connectivity index (χ0n) is 18.0.